The molecule has 1 saturated heterocycles. The van der Waals surface area contributed by atoms with Crippen LogP contribution in [-0.4, -0.2) is 63.6 Å². The number of thiazole rings is 1. The fraction of sp³-hybridized carbons (Fsp3) is 0.407. The lowest BCUT2D eigenvalue weighted by molar-refractivity contribution is 0.0342. The zero-order chi connectivity index (χ0) is 25.7. The van der Waals surface area contributed by atoms with E-state index in [2.05, 4.69) is 42.8 Å². The number of pyridine rings is 1. The zero-order valence-electron chi connectivity index (χ0n) is 21.0. The molecule has 0 radical (unpaired) electrons. The van der Waals surface area contributed by atoms with Gasteiger partial charge in [-0.15, -0.1) is 10.2 Å². The van der Waals surface area contributed by atoms with E-state index in [4.69, 9.17) is 14.1 Å². The van der Waals surface area contributed by atoms with Crippen LogP contribution in [0.4, 0.5) is 21.2 Å². The van der Waals surface area contributed by atoms with Gasteiger partial charge >= 0.3 is 0 Å². The SMILES string of the molecule is FC1CCC(Nc2cc(CN3CCOCC3)cc(Nc3ncc(-c4nnc(-c5ccccc5)o4)s3)n2)CC1. The molecule has 2 N–H and O–H groups in total. The summed E-state index contributed by atoms with van der Waals surface area (Å²) in [5.74, 6) is 2.39. The largest absolute Gasteiger partial charge is 0.415 e. The van der Waals surface area contributed by atoms with E-state index in [1.807, 2.05) is 30.3 Å². The number of hydrogen-bond acceptors (Lipinski definition) is 10. The molecule has 198 valence electrons. The highest BCUT2D eigenvalue weighted by Crippen LogP contribution is 2.32. The van der Waals surface area contributed by atoms with Crippen LogP contribution in [0, 0.1) is 0 Å². The molecule has 4 heterocycles. The Labute approximate surface area is 224 Å². The Kier molecular flexibility index (Phi) is 7.56. The lowest BCUT2D eigenvalue weighted by Gasteiger charge is -2.28. The van der Waals surface area contributed by atoms with Gasteiger partial charge in [-0.3, -0.25) is 4.90 Å². The van der Waals surface area contributed by atoms with Gasteiger partial charge in [0.1, 0.15) is 22.7 Å². The van der Waals surface area contributed by atoms with Crippen molar-refractivity contribution in [3.63, 3.8) is 0 Å². The lowest BCUT2D eigenvalue weighted by atomic mass is 9.94. The summed E-state index contributed by atoms with van der Waals surface area (Å²) in [6.07, 6.45) is 3.85. The summed E-state index contributed by atoms with van der Waals surface area (Å²) < 4.78 is 25.0. The van der Waals surface area contributed by atoms with Crippen LogP contribution in [-0.2, 0) is 11.3 Å². The zero-order valence-corrected chi connectivity index (χ0v) is 21.8. The van der Waals surface area contributed by atoms with Gasteiger partial charge in [-0.25, -0.2) is 14.4 Å². The molecule has 9 nitrogen and oxygen atoms in total. The number of aromatic nitrogens is 4. The Morgan fingerprint density at radius 2 is 1.74 bits per heavy atom. The molecular weight excluding hydrogens is 505 g/mol. The first kappa shape index (κ1) is 24.9. The molecule has 38 heavy (non-hydrogen) atoms. The number of nitrogens with zero attached hydrogens (tertiary/aromatic N) is 5. The summed E-state index contributed by atoms with van der Waals surface area (Å²) in [5.41, 5.74) is 2.02. The molecule has 0 amide bonds. The minimum Gasteiger partial charge on any atom is -0.415 e. The first-order chi connectivity index (χ1) is 18.7. The van der Waals surface area contributed by atoms with Crippen molar-refractivity contribution >= 4 is 28.1 Å². The number of morpholine rings is 1. The van der Waals surface area contributed by atoms with E-state index >= 15 is 0 Å². The van der Waals surface area contributed by atoms with Crippen molar-refractivity contribution in [2.45, 2.75) is 44.4 Å². The van der Waals surface area contributed by atoms with E-state index in [1.54, 1.807) is 6.20 Å². The van der Waals surface area contributed by atoms with Gasteiger partial charge in [0, 0.05) is 31.2 Å². The molecule has 0 atom stereocenters. The number of halogens is 1. The molecular formula is C27H30FN7O2S. The quantitative estimate of drug-likeness (QED) is 0.302. The van der Waals surface area contributed by atoms with Gasteiger partial charge in [0.15, 0.2) is 5.13 Å². The highest BCUT2D eigenvalue weighted by molar-refractivity contribution is 7.18. The first-order valence-corrected chi connectivity index (χ1v) is 13.8. The Morgan fingerprint density at radius 1 is 0.974 bits per heavy atom. The Balaban J connectivity index is 1.19. The van der Waals surface area contributed by atoms with Crippen molar-refractivity contribution in [2.75, 3.05) is 36.9 Å². The van der Waals surface area contributed by atoms with Gasteiger partial charge < -0.3 is 19.8 Å². The summed E-state index contributed by atoms with van der Waals surface area (Å²) in [6.45, 7) is 4.10. The monoisotopic (exact) mass is 535 g/mol. The average Bonchev–Trinajstić information content (AvgIpc) is 3.61. The van der Waals surface area contributed by atoms with Crippen molar-refractivity contribution in [3.8, 4) is 22.2 Å². The maximum atomic E-state index is 13.6. The van der Waals surface area contributed by atoms with Crippen molar-refractivity contribution in [1.82, 2.24) is 25.1 Å². The van der Waals surface area contributed by atoms with Gasteiger partial charge in [-0.05, 0) is 55.5 Å². The second-order valence-corrected chi connectivity index (χ2v) is 10.7. The molecule has 1 aromatic carbocycles. The molecule has 0 spiro atoms. The third-order valence-electron chi connectivity index (χ3n) is 6.80. The predicted molar refractivity (Wildman–Crippen MR) is 145 cm³/mol. The van der Waals surface area contributed by atoms with Gasteiger partial charge in [0.2, 0.25) is 5.89 Å². The van der Waals surface area contributed by atoms with Crippen LogP contribution < -0.4 is 10.6 Å². The van der Waals surface area contributed by atoms with Crippen LogP contribution in [0.1, 0.15) is 31.2 Å². The van der Waals surface area contributed by atoms with E-state index in [-0.39, 0.29) is 6.04 Å². The van der Waals surface area contributed by atoms with E-state index in [0.29, 0.717) is 35.6 Å². The smallest absolute Gasteiger partial charge is 0.259 e. The summed E-state index contributed by atoms with van der Waals surface area (Å²) in [6, 6.07) is 14.1. The van der Waals surface area contributed by atoms with E-state index in [0.717, 1.165) is 67.5 Å². The van der Waals surface area contributed by atoms with Crippen molar-refractivity contribution < 1.29 is 13.5 Å². The summed E-state index contributed by atoms with van der Waals surface area (Å²) in [4.78, 5) is 12.5. The summed E-state index contributed by atoms with van der Waals surface area (Å²) in [5, 5.41) is 16.0. The second-order valence-electron chi connectivity index (χ2n) is 9.66. The average molecular weight is 536 g/mol. The Bertz CT molecular complexity index is 1330. The molecule has 11 heteroatoms. The minimum absolute atomic E-state index is 0.226. The Hall–Kier alpha value is -3.41. The Morgan fingerprint density at radius 3 is 2.55 bits per heavy atom. The molecule has 1 saturated carbocycles. The normalized spacial score (nSPS) is 20.3. The molecule has 0 bridgehead atoms. The highest BCUT2D eigenvalue weighted by atomic mass is 32.1. The third-order valence-corrected chi connectivity index (χ3v) is 7.70. The van der Waals surface area contributed by atoms with Crippen LogP contribution >= 0.6 is 11.3 Å². The van der Waals surface area contributed by atoms with Crippen LogP contribution in [0.3, 0.4) is 0 Å². The number of alkyl halides is 1. The van der Waals surface area contributed by atoms with E-state index < -0.39 is 6.17 Å². The van der Waals surface area contributed by atoms with Crippen molar-refractivity contribution in [2.24, 2.45) is 0 Å². The van der Waals surface area contributed by atoms with Gasteiger partial charge in [-0.2, -0.15) is 0 Å². The number of hydrogen-bond donors (Lipinski definition) is 2. The maximum absolute atomic E-state index is 13.6. The third kappa shape index (κ3) is 6.17. The van der Waals surface area contributed by atoms with Gasteiger partial charge in [0.05, 0.1) is 19.4 Å². The lowest BCUT2D eigenvalue weighted by Crippen LogP contribution is -2.35. The standard InChI is InChI=1S/C27H30FN7O2S/c28-20-6-8-21(9-7-20)30-23-14-18(17-35-10-12-36-13-11-35)15-24(31-23)32-27-29-16-22(38-27)26-34-33-25(37-26)19-4-2-1-3-5-19/h1-5,14-16,20-21H,6-13,17H2,(H2,29,30,31,32). The van der Waals surface area contributed by atoms with Crippen LogP contribution in [0.25, 0.3) is 22.2 Å². The van der Waals surface area contributed by atoms with Gasteiger partial charge in [-0.1, -0.05) is 29.5 Å². The minimum atomic E-state index is -0.687. The molecule has 6 rings (SSSR count). The van der Waals surface area contributed by atoms with Crippen molar-refractivity contribution in [3.05, 3.63) is 54.2 Å². The molecule has 3 aromatic heterocycles. The summed E-state index contributed by atoms with van der Waals surface area (Å²) >= 11 is 1.43. The fourth-order valence-electron chi connectivity index (χ4n) is 4.80. The molecule has 0 unspecified atom stereocenters. The second kappa shape index (κ2) is 11.5. The molecule has 2 fully saturated rings. The van der Waals surface area contributed by atoms with Crippen molar-refractivity contribution in [1.29, 1.82) is 0 Å². The molecule has 2 aliphatic rings. The van der Waals surface area contributed by atoms with E-state index in [1.165, 1.54) is 11.3 Å². The van der Waals surface area contributed by atoms with Crippen LogP contribution in [0.2, 0.25) is 0 Å². The summed E-state index contributed by atoms with van der Waals surface area (Å²) in [7, 11) is 0. The molecule has 4 aromatic rings. The predicted octanol–water partition coefficient (Wildman–Crippen LogP) is 5.52. The number of rotatable bonds is 8. The molecule has 1 aliphatic carbocycles. The number of nitrogens with one attached hydrogen (secondary N) is 2. The number of ether oxygens (including phenoxy) is 1. The fourth-order valence-corrected chi connectivity index (χ4v) is 5.55. The maximum Gasteiger partial charge on any atom is 0.259 e. The van der Waals surface area contributed by atoms with Crippen LogP contribution in [0.15, 0.2) is 53.1 Å². The van der Waals surface area contributed by atoms with E-state index in [9.17, 15) is 4.39 Å². The van der Waals surface area contributed by atoms with Gasteiger partial charge in [0.25, 0.3) is 5.89 Å². The topological polar surface area (TPSA) is 101 Å². The first-order valence-electron chi connectivity index (χ1n) is 13.0. The number of anilines is 3. The highest BCUT2D eigenvalue weighted by Gasteiger charge is 2.21. The molecule has 1 aliphatic heterocycles. The number of benzene rings is 1. The van der Waals surface area contributed by atoms with Crippen LogP contribution in [0.5, 0.6) is 0 Å².